The third kappa shape index (κ3) is 4.79. The molecule has 0 saturated heterocycles. The van der Waals surface area contributed by atoms with Gasteiger partial charge in [0.15, 0.2) is 8.29 Å². The van der Waals surface area contributed by atoms with Gasteiger partial charge < -0.3 is 5.32 Å². The van der Waals surface area contributed by atoms with Crippen molar-refractivity contribution >= 4 is 52.6 Å². The lowest BCUT2D eigenvalue weighted by Gasteiger charge is -2.07. The highest BCUT2D eigenvalue weighted by molar-refractivity contribution is 8.01. The Bertz CT molecular complexity index is 1050. The minimum atomic E-state index is -0.467. The summed E-state index contributed by atoms with van der Waals surface area (Å²) < 4.78 is 2.97. The number of nitro benzene ring substituents is 1. The van der Waals surface area contributed by atoms with Crippen molar-refractivity contribution in [1.29, 1.82) is 0 Å². The van der Waals surface area contributed by atoms with Crippen molar-refractivity contribution in [1.82, 2.24) is 9.78 Å². The van der Waals surface area contributed by atoms with Crippen LogP contribution < -0.4 is 5.32 Å². The summed E-state index contributed by atoms with van der Waals surface area (Å²) in [6, 6.07) is 13.9. The molecule has 27 heavy (non-hydrogen) atoms. The smallest absolute Gasteiger partial charge is 0.269 e. The van der Waals surface area contributed by atoms with E-state index in [2.05, 4.69) is 10.4 Å². The number of aryl methyl sites for hydroxylation is 1. The molecule has 1 aromatic heterocycles. The fraction of sp³-hybridized carbons (Fsp3) is 0.118. The molecule has 3 aromatic rings. The van der Waals surface area contributed by atoms with Crippen molar-refractivity contribution < 1.29 is 9.72 Å². The summed E-state index contributed by atoms with van der Waals surface area (Å²) in [5.74, 6) is -0.0580. The number of thioether (sulfide) groups is 1. The summed E-state index contributed by atoms with van der Waals surface area (Å²) in [4.78, 5) is 22.5. The number of hydrogen-bond donors (Lipinski definition) is 1. The van der Waals surface area contributed by atoms with Crippen LogP contribution in [0.4, 0.5) is 11.4 Å². The van der Waals surface area contributed by atoms with Crippen molar-refractivity contribution in [3.05, 3.63) is 68.2 Å². The van der Waals surface area contributed by atoms with Crippen LogP contribution in [0.5, 0.6) is 0 Å². The van der Waals surface area contributed by atoms with Crippen LogP contribution in [0.15, 0.2) is 52.9 Å². The summed E-state index contributed by atoms with van der Waals surface area (Å²) in [7, 11) is 0. The van der Waals surface area contributed by atoms with E-state index in [1.54, 1.807) is 11.6 Å². The van der Waals surface area contributed by atoms with Gasteiger partial charge in [-0.1, -0.05) is 41.3 Å². The van der Waals surface area contributed by atoms with E-state index in [0.717, 1.165) is 5.69 Å². The Labute approximate surface area is 168 Å². The van der Waals surface area contributed by atoms with Crippen LogP contribution in [0, 0.1) is 21.0 Å². The minimum absolute atomic E-state index is 0.00824. The molecule has 0 atom stereocenters. The number of nitro groups is 1. The number of anilines is 1. The predicted octanol–water partition coefficient (Wildman–Crippen LogP) is 4.61. The molecule has 2 aromatic carbocycles. The number of carbonyl (C=O) groups excluding carboxylic acids is 1. The molecule has 0 aliphatic heterocycles. The van der Waals surface area contributed by atoms with E-state index in [0.29, 0.717) is 19.5 Å². The standard InChI is InChI=1S/C17H14N4O3S3/c1-11-9-13(21(23)24)7-8-14(11)18-15(22)10-26-16-19-20(17(25)27-16)12-5-3-2-4-6-12/h2-9H,10H2,1H3,(H,18,22). The maximum atomic E-state index is 12.2. The molecule has 7 nitrogen and oxygen atoms in total. The van der Waals surface area contributed by atoms with Gasteiger partial charge in [0.05, 0.1) is 16.4 Å². The molecule has 0 aliphatic rings. The van der Waals surface area contributed by atoms with Crippen LogP contribution in [0.1, 0.15) is 5.56 Å². The van der Waals surface area contributed by atoms with Gasteiger partial charge in [-0.2, -0.15) is 0 Å². The van der Waals surface area contributed by atoms with Crippen molar-refractivity contribution in [3.63, 3.8) is 0 Å². The van der Waals surface area contributed by atoms with Gasteiger partial charge in [-0.3, -0.25) is 14.9 Å². The Morgan fingerprint density at radius 1 is 1.33 bits per heavy atom. The Morgan fingerprint density at radius 2 is 2.07 bits per heavy atom. The van der Waals surface area contributed by atoms with E-state index in [9.17, 15) is 14.9 Å². The number of nitrogens with one attached hydrogen (secondary N) is 1. The molecule has 1 heterocycles. The number of nitrogens with zero attached hydrogens (tertiary/aromatic N) is 3. The van der Waals surface area contributed by atoms with Gasteiger partial charge in [-0.25, -0.2) is 4.68 Å². The number of non-ortho nitro benzene ring substituents is 1. The van der Waals surface area contributed by atoms with Gasteiger partial charge in [-0.05, 0) is 42.9 Å². The Hall–Kier alpha value is -2.56. The zero-order chi connectivity index (χ0) is 19.4. The normalized spacial score (nSPS) is 10.6. The Morgan fingerprint density at radius 3 is 2.74 bits per heavy atom. The molecule has 1 amide bonds. The lowest BCUT2D eigenvalue weighted by Crippen LogP contribution is -2.14. The summed E-state index contributed by atoms with van der Waals surface area (Å²) >= 11 is 7.97. The molecule has 0 fully saturated rings. The number of aromatic nitrogens is 2. The largest absolute Gasteiger partial charge is 0.325 e. The van der Waals surface area contributed by atoms with Crippen molar-refractivity contribution in [2.45, 2.75) is 11.3 Å². The number of benzene rings is 2. The van der Waals surface area contributed by atoms with E-state index < -0.39 is 4.92 Å². The highest BCUT2D eigenvalue weighted by Gasteiger charge is 2.12. The molecule has 10 heteroatoms. The Kier molecular flexibility index (Phi) is 5.99. The zero-order valence-electron chi connectivity index (χ0n) is 14.1. The zero-order valence-corrected chi connectivity index (χ0v) is 16.6. The van der Waals surface area contributed by atoms with Gasteiger partial charge in [0.1, 0.15) is 0 Å². The fourth-order valence-electron chi connectivity index (χ4n) is 2.27. The number of para-hydroxylation sites is 1. The minimum Gasteiger partial charge on any atom is -0.325 e. The fourth-order valence-corrected chi connectivity index (χ4v) is 4.43. The molecule has 3 rings (SSSR count). The highest BCUT2D eigenvalue weighted by Crippen LogP contribution is 2.25. The summed E-state index contributed by atoms with van der Waals surface area (Å²) in [6.45, 7) is 1.71. The quantitative estimate of drug-likeness (QED) is 0.272. The number of amides is 1. The first-order valence-electron chi connectivity index (χ1n) is 7.77. The van der Waals surface area contributed by atoms with Crippen LogP contribution in [0.3, 0.4) is 0 Å². The molecular weight excluding hydrogens is 404 g/mol. The van der Waals surface area contributed by atoms with Crippen LogP contribution in [0.2, 0.25) is 0 Å². The van der Waals surface area contributed by atoms with E-state index >= 15 is 0 Å². The molecule has 0 radical (unpaired) electrons. The second-order valence-electron chi connectivity index (χ2n) is 5.47. The van der Waals surface area contributed by atoms with Gasteiger partial charge in [-0.15, -0.1) is 5.10 Å². The van der Waals surface area contributed by atoms with Gasteiger partial charge in [0.2, 0.25) is 5.91 Å². The predicted molar refractivity (Wildman–Crippen MR) is 109 cm³/mol. The molecule has 138 valence electrons. The third-order valence-electron chi connectivity index (χ3n) is 3.55. The molecule has 0 spiro atoms. The number of carbonyl (C=O) groups is 1. The maximum absolute atomic E-state index is 12.2. The average molecular weight is 419 g/mol. The van der Waals surface area contributed by atoms with Crippen molar-refractivity contribution in [3.8, 4) is 5.69 Å². The molecule has 0 saturated carbocycles. The van der Waals surface area contributed by atoms with Crippen molar-refractivity contribution in [2.75, 3.05) is 11.1 Å². The maximum Gasteiger partial charge on any atom is 0.269 e. The monoisotopic (exact) mass is 418 g/mol. The summed E-state index contributed by atoms with van der Waals surface area (Å²) in [6.07, 6.45) is 0. The number of rotatable bonds is 6. The average Bonchev–Trinajstić information content (AvgIpc) is 3.03. The SMILES string of the molecule is Cc1cc([N+](=O)[O-])ccc1NC(=O)CSc1nn(-c2ccccc2)c(=S)s1. The van der Waals surface area contributed by atoms with E-state index in [-0.39, 0.29) is 17.3 Å². The van der Waals surface area contributed by atoms with Crippen molar-refractivity contribution in [2.24, 2.45) is 0 Å². The first-order valence-corrected chi connectivity index (χ1v) is 9.98. The highest BCUT2D eigenvalue weighted by atomic mass is 32.2. The van der Waals surface area contributed by atoms with Gasteiger partial charge in [0.25, 0.3) is 5.69 Å². The lowest BCUT2D eigenvalue weighted by atomic mass is 10.2. The third-order valence-corrected chi connectivity index (χ3v) is 5.92. The van der Waals surface area contributed by atoms with E-state index in [1.165, 1.54) is 41.3 Å². The van der Waals surface area contributed by atoms with E-state index in [4.69, 9.17) is 12.2 Å². The van der Waals surface area contributed by atoms with Crippen LogP contribution >= 0.6 is 35.3 Å². The lowest BCUT2D eigenvalue weighted by molar-refractivity contribution is -0.384. The first-order chi connectivity index (χ1) is 12.9. The Balaban J connectivity index is 1.63. The molecule has 0 unspecified atom stereocenters. The van der Waals surface area contributed by atoms with E-state index in [1.807, 2.05) is 30.3 Å². The molecular formula is C17H14N4O3S3. The molecule has 0 aliphatic carbocycles. The van der Waals surface area contributed by atoms with Crippen LogP contribution in [-0.2, 0) is 4.79 Å². The first kappa shape index (κ1) is 19.2. The molecule has 1 N–H and O–H groups in total. The second kappa shape index (κ2) is 8.42. The van der Waals surface area contributed by atoms with Crippen LogP contribution in [-0.4, -0.2) is 26.4 Å². The molecule has 0 bridgehead atoms. The van der Waals surface area contributed by atoms with Crippen LogP contribution in [0.25, 0.3) is 5.69 Å². The topological polar surface area (TPSA) is 90.1 Å². The number of hydrogen-bond acceptors (Lipinski definition) is 7. The summed E-state index contributed by atoms with van der Waals surface area (Å²) in [5.41, 5.74) is 2.04. The summed E-state index contributed by atoms with van der Waals surface area (Å²) in [5, 5.41) is 18.0. The van der Waals surface area contributed by atoms with Gasteiger partial charge >= 0.3 is 0 Å². The second-order valence-corrected chi connectivity index (χ2v) is 8.32. The van der Waals surface area contributed by atoms with Gasteiger partial charge in [0, 0.05) is 17.8 Å².